The summed E-state index contributed by atoms with van der Waals surface area (Å²) >= 11 is 0. The summed E-state index contributed by atoms with van der Waals surface area (Å²) in [5, 5.41) is 9.64. The van der Waals surface area contributed by atoms with E-state index in [2.05, 4.69) is 72.0 Å². The third-order valence-electron chi connectivity index (χ3n) is 6.09. The lowest BCUT2D eigenvalue weighted by atomic mass is 9.77. The van der Waals surface area contributed by atoms with Gasteiger partial charge in [-0.05, 0) is 53.4 Å². The minimum Gasteiger partial charge on any atom is -0.381 e. The van der Waals surface area contributed by atoms with Crippen molar-refractivity contribution < 1.29 is 14.3 Å². The molecule has 0 N–H and O–H groups in total. The number of nitrogens with zero attached hydrogens (tertiary/aromatic N) is 3. The predicted octanol–water partition coefficient (Wildman–Crippen LogP) is 6.88. The topological polar surface area (TPSA) is 63.5 Å². The second-order valence-corrected chi connectivity index (χ2v) is 9.64. The maximum Gasteiger partial charge on any atom is 0.141 e. The van der Waals surface area contributed by atoms with Crippen LogP contribution in [0, 0.1) is 5.41 Å². The van der Waals surface area contributed by atoms with Crippen LogP contribution in [0.2, 0.25) is 0 Å². The summed E-state index contributed by atoms with van der Waals surface area (Å²) in [7, 11) is 0. The van der Waals surface area contributed by atoms with E-state index in [1.165, 1.54) is 6.20 Å². The quantitative estimate of drug-likeness (QED) is 0.125. The Bertz CT molecular complexity index is 572. The fourth-order valence-corrected chi connectivity index (χ4v) is 3.23. The molecule has 0 radical (unpaired) electrons. The molecule has 0 amide bonds. The monoisotopic (exact) mass is 437 g/mol. The van der Waals surface area contributed by atoms with Gasteiger partial charge >= 0.3 is 0 Å². The van der Waals surface area contributed by atoms with E-state index in [0.29, 0.717) is 32.0 Å². The smallest absolute Gasteiger partial charge is 0.141 e. The van der Waals surface area contributed by atoms with Gasteiger partial charge in [0.1, 0.15) is 5.78 Å². The maximum atomic E-state index is 12.6. The molecule has 0 spiro atoms. The second kappa shape index (κ2) is 14.5. The first-order valence-corrected chi connectivity index (χ1v) is 11.7. The third kappa shape index (κ3) is 11.6. The number of hydrogen-bond donors (Lipinski definition) is 0. The molecule has 0 aromatic carbocycles. The summed E-state index contributed by atoms with van der Waals surface area (Å²) in [5.41, 5.74) is -0.787. The first kappa shape index (κ1) is 29.5. The van der Waals surface area contributed by atoms with E-state index in [1.54, 1.807) is 11.2 Å². The number of ketones is 1. The second-order valence-electron chi connectivity index (χ2n) is 9.64. The van der Waals surface area contributed by atoms with Crippen molar-refractivity contribution in [2.75, 3.05) is 19.8 Å². The van der Waals surface area contributed by atoms with Crippen LogP contribution < -0.4 is 0 Å². The first-order chi connectivity index (χ1) is 14.5. The van der Waals surface area contributed by atoms with Gasteiger partial charge in [0.15, 0.2) is 0 Å². The third-order valence-corrected chi connectivity index (χ3v) is 6.09. The van der Waals surface area contributed by atoms with Crippen molar-refractivity contribution in [1.82, 2.24) is 5.01 Å². The van der Waals surface area contributed by atoms with Crippen LogP contribution in [0.5, 0.6) is 0 Å². The van der Waals surface area contributed by atoms with Crippen molar-refractivity contribution in [3.63, 3.8) is 0 Å². The summed E-state index contributed by atoms with van der Waals surface area (Å²) < 4.78 is 11.9. The van der Waals surface area contributed by atoms with Crippen LogP contribution in [-0.4, -0.2) is 41.8 Å². The number of hydrogen-bond acceptors (Lipinski definition) is 5. The highest BCUT2D eigenvalue weighted by Gasteiger charge is 2.30. The van der Waals surface area contributed by atoms with Gasteiger partial charge in [-0.3, -0.25) is 4.79 Å². The molecule has 6 heteroatoms. The van der Waals surface area contributed by atoms with E-state index in [4.69, 9.17) is 9.47 Å². The van der Waals surface area contributed by atoms with Crippen LogP contribution in [0.4, 0.5) is 0 Å². The highest BCUT2D eigenvalue weighted by Crippen LogP contribution is 2.30. The molecule has 0 heterocycles. The Morgan fingerprint density at radius 2 is 1.68 bits per heavy atom. The molecular weight excluding hydrogens is 390 g/mol. The predicted molar refractivity (Wildman–Crippen MR) is 129 cm³/mol. The molecule has 1 atom stereocenters. The summed E-state index contributed by atoms with van der Waals surface area (Å²) in [4.78, 5) is 12.6. The Kier molecular flexibility index (Phi) is 13.8. The van der Waals surface area contributed by atoms with E-state index in [0.717, 1.165) is 38.5 Å². The molecule has 0 rings (SSSR count). The molecule has 0 aliphatic rings. The maximum absolute atomic E-state index is 12.6. The fourth-order valence-electron chi connectivity index (χ4n) is 3.23. The van der Waals surface area contributed by atoms with E-state index in [1.807, 2.05) is 0 Å². The van der Waals surface area contributed by atoms with Crippen molar-refractivity contribution in [2.45, 2.75) is 105 Å². The number of ether oxygens (including phenoxy) is 2. The van der Waals surface area contributed by atoms with Gasteiger partial charge in [0.2, 0.25) is 0 Å². The average Bonchev–Trinajstić information content (AvgIpc) is 2.71. The number of carbonyl (C=O) groups is 1. The van der Waals surface area contributed by atoms with Crippen molar-refractivity contribution in [3.05, 3.63) is 25.6 Å². The van der Waals surface area contributed by atoms with Gasteiger partial charge in [-0.25, -0.2) is 5.01 Å². The SMILES string of the molecule is C=CN=NN(C=C)C(C)(C)CCOC(C)(C)CCOCCC(=O)C(C)(CC)CCCC. The van der Waals surface area contributed by atoms with Crippen molar-refractivity contribution >= 4 is 5.78 Å². The molecule has 0 aromatic heterocycles. The van der Waals surface area contributed by atoms with Crippen LogP contribution in [-0.2, 0) is 14.3 Å². The van der Waals surface area contributed by atoms with Crippen LogP contribution in [0.15, 0.2) is 35.9 Å². The zero-order valence-corrected chi connectivity index (χ0v) is 21.2. The lowest BCUT2D eigenvalue weighted by Gasteiger charge is -2.34. The van der Waals surface area contributed by atoms with Crippen molar-refractivity contribution in [3.8, 4) is 0 Å². The molecule has 0 aromatic rings. The molecule has 1 unspecified atom stereocenters. The zero-order valence-electron chi connectivity index (χ0n) is 21.2. The molecule has 31 heavy (non-hydrogen) atoms. The Labute approximate surface area is 191 Å². The summed E-state index contributed by atoms with van der Waals surface area (Å²) in [6.45, 7) is 23.6. The van der Waals surface area contributed by atoms with Gasteiger partial charge in [-0.15, -0.1) is 5.11 Å². The molecule has 0 fully saturated rings. The molecule has 6 nitrogen and oxygen atoms in total. The molecule has 180 valence electrons. The largest absolute Gasteiger partial charge is 0.381 e. The van der Waals surface area contributed by atoms with E-state index >= 15 is 0 Å². The highest BCUT2D eigenvalue weighted by molar-refractivity contribution is 5.84. The zero-order chi connectivity index (χ0) is 24.0. The Balaban J connectivity index is 4.31. The van der Waals surface area contributed by atoms with Crippen LogP contribution >= 0.6 is 0 Å². The summed E-state index contributed by atoms with van der Waals surface area (Å²) in [6, 6.07) is 0. The Morgan fingerprint density at radius 3 is 2.23 bits per heavy atom. The highest BCUT2D eigenvalue weighted by atomic mass is 16.5. The normalized spacial score (nSPS) is 14.4. The van der Waals surface area contributed by atoms with Gasteiger partial charge in [0.25, 0.3) is 0 Å². The molecular formula is C25H47N3O3. The van der Waals surface area contributed by atoms with E-state index in [-0.39, 0.29) is 16.6 Å². The Morgan fingerprint density at radius 1 is 1.00 bits per heavy atom. The van der Waals surface area contributed by atoms with Crippen LogP contribution in [0.25, 0.3) is 0 Å². The van der Waals surface area contributed by atoms with Crippen LogP contribution in [0.1, 0.15) is 93.4 Å². The molecule has 0 aliphatic carbocycles. The standard InChI is InChI=1S/C25H47N3O3/c1-10-14-16-25(9,11-2)22(29)15-19-30-20-18-24(7,8)31-21-17-23(5,6)28(13-4)27-26-12-3/h12-13H,3-4,10-11,14-21H2,1-2,5-9H3. The molecule has 0 saturated carbocycles. The molecule has 0 bridgehead atoms. The number of carbonyl (C=O) groups excluding carboxylic acids is 1. The average molecular weight is 438 g/mol. The van der Waals surface area contributed by atoms with Gasteiger partial charge in [-0.1, -0.05) is 52.0 Å². The molecule has 0 saturated heterocycles. The summed E-state index contributed by atoms with van der Waals surface area (Å²) in [6.07, 6.45) is 9.14. The van der Waals surface area contributed by atoms with Crippen molar-refractivity contribution in [1.29, 1.82) is 0 Å². The molecule has 0 aliphatic heterocycles. The van der Waals surface area contributed by atoms with Gasteiger partial charge in [0, 0.05) is 37.4 Å². The summed E-state index contributed by atoms with van der Waals surface area (Å²) in [5.74, 6) is 0.321. The fraction of sp³-hybridized carbons (Fsp3) is 0.800. The number of rotatable bonds is 19. The number of unbranched alkanes of at least 4 members (excludes halogenated alkanes) is 1. The minimum absolute atomic E-state index is 0.209. The first-order valence-electron chi connectivity index (χ1n) is 11.7. The van der Waals surface area contributed by atoms with E-state index in [9.17, 15) is 4.79 Å². The lowest BCUT2D eigenvalue weighted by Crippen LogP contribution is -2.38. The van der Waals surface area contributed by atoms with E-state index < -0.39 is 0 Å². The van der Waals surface area contributed by atoms with Gasteiger partial charge < -0.3 is 9.47 Å². The van der Waals surface area contributed by atoms with Crippen molar-refractivity contribution in [2.24, 2.45) is 15.8 Å². The van der Waals surface area contributed by atoms with Gasteiger partial charge in [-0.2, -0.15) is 0 Å². The van der Waals surface area contributed by atoms with Crippen LogP contribution in [0.3, 0.4) is 0 Å². The van der Waals surface area contributed by atoms with Gasteiger partial charge in [0.05, 0.1) is 17.7 Å². The Hall–Kier alpha value is -1.53. The minimum atomic E-state index is -0.305. The number of Topliss-reactive ketones (excluding diaryl/α,β-unsaturated/α-hetero) is 1. The lowest BCUT2D eigenvalue weighted by molar-refractivity contribution is -0.129.